The number of amidine groups is 1. The van der Waals surface area contributed by atoms with Gasteiger partial charge in [0.15, 0.2) is 5.17 Å². The van der Waals surface area contributed by atoms with Crippen molar-refractivity contribution >= 4 is 28.3 Å². The number of hydrogen-bond acceptors (Lipinski definition) is 4. The summed E-state index contributed by atoms with van der Waals surface area (Å²) in [5.74, 6) is 1.26. The summed E-state index contributed by atoms with van der Waals surface area (Å²) in [5.41, 5.74) is -1.94. The molecule has 1 saturated heterocycles. The fourth-order valence-corrected chi connectivity index (χ4v) is 4.23. The van der Waals surface area contributed by atoms with Gasteiger partial charge in [0.2, 0.25) is 0 Å². The van der Waals surface area contributed by atoms with Gasteiger partial charge in [-0.25, -0.2) is 4.99 Å². The number of nitro groups is 1. The van der Waals surface area contributed by atoms with Crippen molar-refractivity contribution in [2.24, 2.45) is 10.9 Å². The molecule has 0 amide bonds. The van der Waals surface area contributed by atoms with Crippen molar-refractivity contribution in [2.45, 2.75) is 52.3 Å². The van der Waals surface area contributed by atoms with Crippen LogP contribution in [-0.4, -0.2) is 33.3 Å². The monoisotopic (exact) mass is 403 g/mol. The summed E-state index contributed by atoms with van der Waals surface area (Å²) in [7, 11) is 0. The Morgan fingerprint density at radius 1 is 1.41 bits per heavy atom. The van der Waals surface area contributed by atoms with E-state index in [-0.39, 0.29) is 11.7 Å². The third-order valence-electron chi connectivity index (χ3n) is 4.30. The van der Waals surface area contributed by atoms with Gasteiger partial charge in [-0.2, -0.15) is 13.2 Å². The Balaban J connectivity index is 2.41. The van der Waals surface area contributed by atoms with Crippen molar-refractivity contribution in [3.05, 3.63) is 33.9 Å². The van der Waals surface area contributed by atoms with E-state index in [9.17, 15) is 23.3 Å². The lowest BCUT2D eigenvalue weighted by Gasteiger charge is -2.27. The van der Waals surface area contributed by atoms with Gasteiger partial charge >= 0.3 is 6.18 Å². The third-order valence-corrected chi connectivity index (χ3v) is 5.44. The summed E-state index contributed by atoms with van der Waals surface area (Å²) in [4.78, 5) is 16.4. The molecule has 0 saturated carbocycles. The normalized spacial score (nSPS) is 19.3. The lowest BCUT2D eigenvalue weighted by molar-refractivity contribution is -0.385. The zero-order chi connectivity index (χ0) is 20.2. The molecule has 0 N–H and O–H groups in total. The van der Waals surface area contributed by atoms with Crippen molar-refractivity contribution in [3.8, 4) is 0 Å². The minimum absolute atomic E-state index is 0.243. The molecular formula is C18H24F3N3O2S. The smallest absolute Gasteiger partial charge is 0.347 e. The molecule has 27 heavy (non-hydrogen) atoms. The van der Waals surface area contributed by atoms with Crippen LogP contribution in [0.3, 0.4) is 0 Å². The van der Waals surface area contributed by atoms with Crippen LogP contribution in [-0.2, 0) is 6.18 Å². The molecule has 1 aromatic carbocycles. The fraction of sp³-hybridized carbons (Fsp3) is 0.611. The van der Waals surface area contributed by atoms with Gasteiger partial charge in [0, 0.05) is 30.5 Å². The first-order chi connectivity index (χ1) is 12.6. The van der Waals surface area contributed by atoms with E-state index in [0.717, 1.165) is 43.7 Å². The Hall–Kier alpha value is -1.77. The highest BCUT2D eigenvalue weighted by molar-refractivity contribution is 8.14. The number of nitro benzene ring substituents is 1. The van der Waals surface area contributed by atoms with Crippen LogP contribution in [0.25, 0.3) is 0 Å². The van der Waals surface area contributed by atoms with E-state index in [4.69, 9.17) is 0 Å². The van der Waals surface area contributed by atoms with Crippen molar-refractivity contribution in [1.29, 1.82) is 0 Å². The number of thioether (sulfide) groups is 1. The SMILES string of the molecule is CCCCN1C(=Nc2ccc([N+](=O)[O-])cc2C(F)(F)F)SCC1CC(C)C. The average molecular weight is 403 g/mol. The number of nitrogens with zero attached hydrogens (tertiary/aromatic N) is 3. The topological polar surface area (TPSA) is 58.7 Å². The molecule has 9 heteroatoms. The molecule has 0 spiro atoms. The Morgan fingerprint density at radius 3 is 2.67 bits per heavy atom. The number of non-ortho nitro benzene ring substituents is 1. The average Bonchev–Trinajstić information content (AvgIpc) is 2.93. The van der Waals surface area contributed by atoms with E-state index in [1.807, 2.05) is 0 Å². The van der Waals surface area contributed by atoms with Gasteiger partial charge < -0.3 is 4.90 Å². The van der Waals surface area contributed by atoms with Crippen LogP contribution in [0.4, 0.5) is 24.5 Å². The van der Waals surface area contributed by atoms with Crippen molar-refractivity contribution in [2.75, 3.05) is 12.3 Å². The first kappa shape index (κ1) is 21.5. The zero-order valence-electron chi connectivity index (χ0n) is 15.6. The first-order valence-electron chi connectivity index (χ1n) is 8.97. The van der Waals surface area contributed by atoms with Crippen LogP contribution in [0.15, 0.2) is 23.2 Å². The molecule has 0 radical (unpaired) electrons. The third kappa shape index (κ3) is 5.60. The molecular weight excluding hydrogens is 379 g/mol. The van der Waals surface area contributed by atoms with Gasteiger partial charge in [0.1, 0.15) is 0 Å². The fourth-order valence-electron chi connectivity index (χ4n) is 3.01. The molecule has 1 atom stereocenters. The first-order valence-corrected chi connectivity index (χ1v) is 9.95. The maximum absolute atomic E-state index is 13.4. The Labute approximate surface area is 161 Å². The minimum Gasteiger partial charge on any atom is -0.347 e. The number of aliphatic imine (C=N–C) groups is 1. The largest absolute Gasteiger partial charge is 0.418 e. The van der Waals surface area contributed by atoms with Gasteiger partial charge in [-0.1, -0.05) is 39.0 Å². The summed E-state index contributed by atoms with van der Waals surface area (Å²) in [6.07, 6.45) is -1.85. The molecule has 1 heterocycles. The lowest BCUT2D eigenvalue weighted by atomic mass is 10.0. The molecule has 0 bridgehead atoms. The highest BCUT2D eigenvalue weighted by Gasteiger charge is 2.36. The molecule has 0 aliphatic carbocycles. The summed E-state index contributed by atoms with van der Waals surface area (Å²) < 4.78 is 40.2. The highest BCUT2D eigenvalue weighted by Crippen LogP contribution is 2.40. The molecule has 150 valence electrons. The highest BCUT2D eigenvalue weighted by atomic mass is 32.2. The lowest BCUT2D eigenvalue weighted by Crippen LogP contribution is -2.35. The van der Waals surface area contributed by atoms with Gasteiger partial charge in [0.05, 0.1) is 16.2 Å². The molecule has 1 aromatic rings. The number of alkyl halides is 3. The molecule has 1 aliphatic heterocycles. The zero-order valence-corrected chi connectivity index (χ0v) is 16.4. The van der Waals surface area contributed by atoms with Gasteiger partial charge in [-0.15, -0.1) is 0 Å². The van der Waals surface area contributed by atoms with E-state index in [2.05, 4.69) is 30.7 Å². The van der Waals surface area contributed by atoms with E-state index in [0.29, 0.717) is 17.2 Å². The van der Waals surface area contributed by atoms with Crippen molar-refractivity contribution in [3.63, 3.8) is 0 Å². The molecule has 2 rings (SSSR count). The molecule has 5 nitrogen and oxygen atoms in total. The quantitative estimate of drug-likeness (QED) is 0.422. The van der Waals surface area contributed by atoms with Gasteiger partial charge in [-0.3, -0.25) is 10.1 Å². The molecule has 1 aliphatic rings. The van der Waals surface area contributed by atoms with Crippen LogP contribution in [0.5, 0.6) is 0 Å². The second-order valence-corrected chi connectivity index (χ2v) is 7.98. The van der Waals surface area contributed by atoms with Crippen LogP contribution in [0.2, 0.25) is 0 Å². The van der Waals surface area contributed by atoms with E-state index in [1.54, 1.807) is 0 Å². The van der Waals surface area contributed by atoms with Gasteiger partial charge in [0.25, 0.3) is 5.69 Å². The molecule has 1 unspecified atom stereocenters. The predicted molar refractivity (Wildman–Crippen MR) is 103 cm³/mol. The number of benzene rings is 1. The van der Waals surface area contributed by atoms with E-state index < -0.39 is 22.4 Å². The number of unbranched alkanes of at least 4 members (excludes halogenated alkanes) is 1. The number of hydrogen-bond donors (Lipinski definition) is 0. The van der Waals surface area contributed by atoms with Gasteiger partial charge in [-0.05, 0) is 24.8 Å². The second kappa shape index (κ2) is 8.95. The summed E-state index contributed by atoms with van der Waals surface area (Å²) in [5, 5.41) is 11.4. The summed E-state index contributed by atoms with van der Waals surface area (Å²) in [6.45, 7) is 7.05. The number of rotatable bonds is 7. The molecule has 0 aromatic heterocycles. The molecule has 1 fully saturated rings. The second-order valence-electron chi connectivity index (χ2n) is 6.99. The maximum Gasteiger partial charge on any atom is 0.418 e. The summed E-state index contributed by atoms with van der Waals surface area (Å²) in [6, 6.07) is 2.95. The Kier molecular flexibility index (Phi) is 7.13. The van der Waals surface area contributed by atoms with E-state index in [1.165, 1.54) is 11.8 Å². The van der Waals surface area contributed by atoms with Crippen LogP contribution in [0, 0.1) is 16.0 Å². The Bertz CT molecular complexity index is 708. The van der Waals surface area contributed by atoms with Crippen LogP contribution < -0.4 is 0 Å². The van der Waals surface area contributed by atoms with Crippen molar-refractivity contribution < 1.29 is 18.1 Å². The Morgan fingerprint density at radius 2 is 2.11 bits per heavy atom. The van der Waals surface area contributed by atoms with Crippen LogP contribution >= 0.6 is 11.8 Å². The number of halogens is 3. The predicted octanol–water partition coefficient (Wildman–Crippen LogP) is 5.86. The van der Waals surface area contributed by atoms with Crippen LogP contribution in [0.1, 0.15) is 45.6 Å². The van der Waals surface area contributed by atoms with E-state index >= 15 is 0 Å². The standard InChI is InChI=1S/C18H24F3N3O2S/c1-4-5-8-23-14(9-12(2)3)11-27-17(23)22-16-7-6-13(24(25)26)10-15(16)18(19,20)21/h6-7,10,12,14H,4-5,8-9,11H2,1-3H3. The summed E-state index contributed by atoms with van der Waals surface area (Å²) >= 11 is 1.45. The minimum atomic E-state index is -4.71. The maximum atomic E-state index is 13.4. The van der Waals surface area contributed by atoms with Crippen molar-refractivity contribution in [1.82, 2.24) is 4.90 Å².